The minimum atomic E-state index is -0.785. The molecule has 88 valence electrons. The van der Waals surface area contributed by atoms with Gasteiger partial charge in [0.05, 0.1) is 6.07 Å². The van der Waals surface area contributed by atoms with E-state index >= 15 is 0 Å². The van der Waals surface area contributed by atoms with Crippen LogP contribution in [0.5, 0.6) is 0 Å². The molecule has 4 nitrogen and oxygen atoms in total. The third-order valence-electron chi connectivity index (χ3n) is 3.24. The molecule has 1 aliphatic carbocycles. The summed E-state index contributed by atoms with van der Waals surface area (Å²) in [6, 6.07) is 5.86. The predicted molar refractivity (Wildman–Crippen MR) is 62.5 cm³/mol. The Bertz CT molecular complexity index is 443. The van der Waals surface area contributed by atoms with E-state index in [4.69, 9.17) is 5.26 Å². The van der Waals surface area contributed by atoms with Crippen molar-refractivity contribution in [3.05, 3.63) is 30.1 Å². The lowest BCUT2D eigenvalue weighted by atomic mass is 9.63. The molecule has 1 aliphatic rings. The second kappa shape index (κ2) is 4.54. The van der Waals surface area contributed by atoms with E-state index in [1.165, 1.54) is 0 Å². The molecule has 1 amide bonds. The Labute approximate surface area is 101 Å². The molecule has 2 rings (SSSR count). The van der Waals surface area contributed by atoms with Crippen LogP contribution in [0.4, 0.5) is 0 Å². The Morgan fingerprint density at radius 3 is 2.76 bits per heavy atom. The van der Waals surface area contributed by atoms with Crippen molar-refractivity contribution < 1.29 is 4.79 Å². The van der Waals surface area contributed by atoms with Gasteiger partial charge in [-0.15, -0.1) is 0 Å². The summed E-state index contributed by atoms with van der Waals surface area (Å²) >= 11 is 0. The maximum atomic E-state index is 11.9. The molecule has 0 saturated heterocycles. The van der Waals surface area contributed by atoms with Gasteiger partial charge in [0.2, 0.25) is 5.91 Å². The Morgan fingerprint density at radius 1 is 1.59 bits per heavy atom. The standard InChI is InChI=1S/C13H15N3O/c1-10-6-13(7-10,9-14)12(17)16-8-11-2-4-15-5-3-11/h2-5,10H,6-8H2,1H3,(H,16,17). The number of amides is 1. The molecule has 0 bridgehead atoms. The molecule has 1 fully saturated rings. The van der Waals surface area contributed by atoms with Gasteiger partial charge in [0.15, 0.2) is 0 Å². The summed E-state index contributed by atoms with van der Waals surface area (Å²) in [4.78, 5) is 15.9. The van der Waals surface area contributed by atoms with Crippen LogP contribution in [0.3, 0.4) is 0 Å². The minimum Gasteiger partial charge on any atom is -0.351 e. The van der Waals surface area contributed by atoms with Crippen molar-refractivity contribution in [1.82, 2.24) is 10.3 Å². The lowest BCUT2D eigenvalue weighted by molar-refractivity contribution is -0.134. The molecule has 1 heterocycles. The molecule has 1 saturated carbocycles. The normalized spacial score (nSPS) is 26.7. The fourth-order valence-corrected chi connectivity index (χ4v) is 2.31. The lowest BCUT2D eigenvalue weighted by Crippen LogP contribution is -2.47. The highest BCUT2D eigenvalue weighted by molar-refractivity contribution is 5.86. The summed E-state index contributed by atoms with van der Waals surface area (Å²) in [6.07, 6.45) is 4.72. The van der Waals surface area contributed by atoms with Crippen LogP contribution in [0, 0.1) is 22.7 Å². The highest BCUT2D eigenvalue weighted by atomic mass is 16.2. The Hall–Kier alpha value is -1.89. The number of pyridine rings is 1. The SMILES string of the molecule is CC1CC(C#N)(C(=O)NCc2ccncc2)C1. The quantitative estimate of drug-likeness (QED) is 0.856. The number of nitriles is 1. The third kappa shape index (κ3) is 2.28. The maximum Gasteiger partial charge on any atom is 0.240 e. The molecule has 0 radical (unpaired) electrons. The topological polar surface area (TPSA) is 65.8 Å². The number of aromatic nitrogens is 1. The Morgan fingerprint density at radius 2 is 2.24 bits per heavy atom. The number of hydrogen-bond acceptors (Lipinski definition) is 3. The third-order valence-corrected chi connectivity index (χ3v) is 3.24. The van der Waals surface area contributed by atoms with Gasteiger partial charge in [-0.2, -0.15) is 5.26 Å². The van der Waals surface area contributed by atoms with Gasteiger partial charge in [-0.1, -0.05) is 6.92 Å². The molecule has 0 unspecified atom stereocenters. The number of nitrogens with one attached hydrogen (secondary N) is 1. The van der Waals surface area contributed by atoms with Crippen molar-refractivity contribution >= 4 is 5.91 Å². The number of rotatable bonds is 3. The van der Waals surface area contributed by atoms with Gasteiger partial charge in [-0.25, -0.2) is 0 Å². The van der Waals surface area contributed by atoms with E-state index in [-0.39, 0.29) is 5.91 Å². The first-order valence-electron chi connectivity index (χ1n) is 5.75. The minimum absolute atomic E-state index is 0.144. The van der Waals surface area contributed by atoms with E-state index in [1.807, 2.05) is 12.1 Å². The van der Waals surface area contributed by atoms with Gasteiger partial charge in [0, 0.05) is 18.9 Å². The van der Waals surface area contributed by atoms with Crippen molar-refractivity contribution in [3.63, 3.8) is 0 Å². The van der Waals surface area contributed by atoms with Gasteiger partial charge < -0.3 is 5.32 Å². The molecule has 0 aromatic carbocycles. The van der Waals surface area contributed by atoms with Crippen molar-refractivity contribution in [1.29, 1.82) is 5.26 Å². The molecule has 0 atom stereocenters. The van der Waals surface area contributed by atoms with Crippen LogP contribution in [0.15, 0.2) is 24.5 Å². The molecule has 1 N–H and O–H groups in total. The Balaban J connectivity index is 1.92. The summed E-state index contributed by atoms with van der Waals surface area (Å²) in [6.45, 7) is 2.52. The van der Waals surface area contributed by atoms with Crippen LogP contribution in [0.2, 0.25) is 0 Å². The summed E-state index contributed by atoms with van der Waals surface area (Å²) < 4.78 is 0. The van der Waals surface area contributed by atoms with Gasteiger partial charge in [0.1, 0.15) is 5.41 Å². The van der Waals surface area contributed by atoms with Crippen molar-refractivity contribution in [2.24, 2.45) is 11.3 Å². The zero-order chi connectivity index (χ0) is 12.3. The van der Waals surface area contributed by atoms with Crippen LogP contribution in [0.25, 0.3) is 0 Å². The van der Waals surface area contributed by atoms with E-state index in [9.17, 15) is 4.79 Å². The van der Waals surface area contributed by atoms with Crippen molar-refractivity contribution in [3.8, 4) is 6.07 Å². The summed E-state index contributed by atoms with van der Waals surface area (Å²) in [5, 5.41) is 11.9. The first-order chi connectivity index (χ1) is 8.16. The van der Waals surface area contributed by atoms with E-state index in [0.29, 0.717) is 25.3 Å². The van der Waals surface area contributed by atoms with Crippen LogP contribution in [-0.2, 0) is 11.3 Å². The van der Waals surface area contributed by atoms with Crippen molar-refractivity contribution in [2.75, 3.05) is 0 Å². The van der Waals surface area contributed by atoms with Gasteiger partial charge in [-0.05, 0) is 36.5 Å². The fraction of sp³-hybridized carbons (Fsp3) is 0.462. The molecule has 1 aromatic rings. The van der Waals surface area contributed by atoms with Gasteiger partial charge in [-0.3, -0.25) is 9.78 Å². The highest BCUT2D eigenvalue weighted by Gasteiger charge is 2.48. The average molecular weight is 229 g/mol. The average Bonchev–Trinajstić information content (AvgIpc) is 2.33. The molecule has 0 spiro atoms. The highest BCUT2D eigenvalue weighted by Crippen LogP contribution is 2.45. The largest absolute Gasteiger partial charge is 0.351 e. The van der Waals surface area contributed by atoms with Crippen LogP contribution >= 0.6 is 0 Å². The van der Waals surface area contributed by atoms with Gasteiger partial charge in [0.25, 0.3) is 0 Å². The number of carbonyl (C=O) groups excluding carboxylic acids is 1. The zero-order valence-electron chi connectivity index (χ0n) is 9.81. The number of carbonyl (C=O) groups is 1. The number of hydrogen-bond donors (Lipinski definition) is 1. The first-order valence-corrected chi connectivity index (χ1v) is 5.75. The fourth-order valence-electron chi connectivity index (χ4n) is 2.31. The maximum absolute atomic E-state index is 11.9. The van der Waals surface area contributed by atoms with Crippen LogP contribution < -0.4 is 5.32 Å². The molecule has 4 heteroatoms. The molecule has 17 heavy (non-hydrogen) atoms. The van der Waals surface area contributed by atoms with Gasteiger partial charge >= 0.3 is 0 Å². The lowest BCUT2D eigenvalue weighted by Gasteiger charge is -2.39. The predicted octanol–water partition coefficient (Wildman–Crippen LogP) is 1.64. The number of nitrogens with zero attached hydrogens (tertiary/aromatic N) is 2. The van der Waals surface area contributed by atoms with Crippen LogP contribution in [-0.4, -0.2) is 10.9 Å². The van der Waals surface area contributed by atoms with E-state index in [0.717, 1.165) is 5.56 Å². The monoisotopic (exact) mass is 229 g/mol. The van der Waals surface area contributed by atoms with E-state index in [1.54, 1.807) is 12.4 Å². The smallest absolute Gasteiger partial charge is 0.240 e. The molecule has 1 aromatic heterocycles. The van der Waals surface area contributed by atoms with Crippen LogP contribution in [0.1, 0.15) is 25.3 Å². The summed E-state index contributed by atoms with van der Waals surface area (Å²) in [5.41, 5.74) is 0.209. The van der Waals surface area contributed by atoms with E-state index < -0.39 is 5.41 Å². The summed E-state index contributed by atoms with van der Waals surface area (Å²) in [7, 11) is 0. The van der Waals surface area contributed by atoms with Crippen molar-refractivity contribution in [2.45, 2.75) is 26.3 Å². The second-order valence-corrected chi connectivity index (χ2v) is 4.75. The molecule has 0 aliphatic heterocycles. The van der Waals surface area contributed by atoms with E-state index in [2.05, 4.69) is 23.3 Å². The second-order valence-electron chi connectivity index (χ2n) is 4.75. The Kier molecular flexibility index (Phi) is 3.10. The first kappa shape index (κ1) is 11.6. The summed E-state index contributed by atoms with van der Waals surface area (Å²) in [5.74, 6) is 0.330. The molecular formula is C13H15N3O. The molecular weight excluding hydrogens is 214 g/mol. The zero-order valence-corrected chi connectivity index (χ0v) is 9.81.